The molecule has 0 radical (unpaired) electrons. The van der Waals surface area contributed by atoms with Gasteiger partial charge in [0.2, 0.25) is 0 Å². The number of hydrogen-bond donors (Lipinski definition) is 0. The standard InChI is InChI=1S/C24H26FN3O/c1-16(2)21-20-22(18-9-11-19(25)12-10-18)28(15-17-7-5-4-6-8-17)24(29)23(20)27(3)14-13-26-21/h4-12,16,22H,13-15H2,1-3H3. The first-order chi connectivity index (χ1) is 14.0. The zero-order chi connectivity index (χ0) is 20.5. The van der Waals surface area contributed by atoms with Crippen LogP contribution in [0.3, 0.4) is 0 Å². The van der Waals surface area contributed by atoms with Crippen LogP contribution in [0.4, 0.5) is 4.39 Å². The van der Waals surface area contributed by atoms with E-state index in [1.807, 2.05) is 47.2 Å². The van der Waals surface area contributed by atoms with Crippen molar-refractivity contribution in [1.82, 2.24) is 9.80 Å². The molecule has 0 saturated heterocycles. The maximum atomic E-state index is 13.6. The van der Waals surface area contributed by atoms with E-state index in [9.17, 15) is 9.18 Å². The van der Waals surface area contributed by atoms with Crippen molar-refractivity contribution >= 4 is 11.6 Å². The van der Waals surface area contributed by atoms with E-state index in [0.29, 0.717) is 19.6 Å². The molecule has 2 aromatic carbocycles. The third-order valence-electron chi connectivity index (χ3n) is 5.61. The van der Waals surface area contributed by atoms with Gasteiger partial charge in [0, 0.05) is 31.4 Å². The van der Waals surface area contributed by atoms with Crippen LogP contribution in [0.25, 0.3) is 0 Å². The maximum absolute atomic E-state index is 13.6. The number of halogens is 1. The largest absolute Gasteiger partial charge is 0.368 e. The summed E-state index contributed by atoms with van der Waals surface area (Å²) < 4.78 is 13.6. The van der Waals surface area contributed by atoms with Gasteiger partial charge in [-0.1, -0.05) is 56.3 Å². The topological polar surface area (TPSA) is 35.9 Å². The molecule has 1 unspecified atom stereocenters. The zero-order valence-electron chi connectivity index (χ0n) is 17.1. The summed E-state index contributed by atoms with van der Waals surface area (Å²) in [6.07, 6.45) is 0. The smallest absolute Gasteiger partial charge is 0.271 e. The highest BCUT2D eigenvalue weighted by Crippen LogP contribution is 2.42. The summed E-state index contributed by atoms with van der Waals surface area (Å²) >= 11 is 0. The van der Waals surface area contributed by atoms with Gasteiger partial charge in [-0.2, -0.15) is 0 Å². The lowest BCUT2D eigenvalue weighted by molar-refractivity contribution is -0.129. The summed E-state index contributed by atoms with van der Waals surface area (Å²) in [6, 6.07) is 16.2. The van der Waals surface area contributed by atoms with Crippen LogP contribution in [0.1, 0.15) is 31.0 Å². The Kier molecular flexibility index (Phi) is 5.22. The van der Waals surface area contributed by atoms with Crippen molar-refractivity contribution in [2.75, 3.05) is 20.1 Å². The Labute approximate surface area is 171 Å². The van der Waals surface area contributed by atoms with Gasteiger partial charge < -0.3 is 9.80 Å². The molecule has 4 rings (SSSR count). The molecule has 5 heteroatoms. The molecule has 2 aromatic rings. The molecule has 2 heterocycles. The molecule has 150 valence electrons. The Morgan fingerprint density at radius 2 is 1.79 bits per heavy atom. The van der Waals surface area contributed by atoms with Crippen molar-refractivity contribution in [3.05, 3.63) is 82.8 Å². The van der Waals surface area contributed by atoms with E-state index in [0.717, 1.165) is 28.1 Å². The number of aliphatic imine (C=N–C) groups is 1. The average Bonchev–Trinajstić information content (AvgIpc) is 2.86. The van der Waals surface area contributed by atoms with Crippen molar-refractivity contribution in [3.63, 3.8) is 0 Å². The van der Waals surface area contributed by atoms with Crippen LogP contribution in [0.5, 0.6) is 0 Å². The Bertz CT molecular complexity index is 963. The molecule has 0 aromatic heterocycles. The molecule has 2 aliphatic rings. The number of carbonyl (C=O) groups is 1. The molecule has 0 saturated carbocycles. The van der Waals surface area contributed by atoms with Crippen LogP contribution < -0.4 is 0 Å². The summed E-state index contributed by atoms with van der Waals surface area (Å²) in [5, 5.41) is 0. The zero-order valence-corrected chi connectivity index (χ0v) is 17.1. The Morgan fingerprint density at radius 3 is 2.45 bits per heavy atom. The maximum Gasteiger partial charge on any atom is 0.271 e. The van der Waals surface area contributed by atoms with Crippen molar-refractivity contribution < 1.29 is 9.18 Å². The molecule has 4 nitrogen and oxygen atoms in total. The van der Waals surface area contributed by atoms with Crippen molar-refractivity contribution in [1.29, 1.82) is 0 Å². The highest BCUT2D eigenvalue weighted by molar-refractivity contribution is 6.13. The van der Waals surface area contributed by atoms with Gasteiger partial charge in [-0.15, -0.1) is 0 Å². The van der Waals surface area contributed by atoms with Crippen LogP contribution >= 0.6 is 0 Å². The number of amides is 1. The number of benzene rings is 2. The fourth-order valence-corrected chi connectivity index (χ4v) is 4.23. The lowest BCUT2D eigenvalue weighted by Gasteiger charge is -2.29. The number of rotatable bonds is 4. The van der Waals surface area contributed by atoms with Gasteiger partial charge in [-0.05, 0) is 29.2 Å². The van der Waals surface area contributed by atoms with Gasteiger partial charge in [0.15, 0.2) is 0 Å². The average molecular weight is 391 g/mol. The first kappa shape index (κ1) is 19.4. The second-order valence-electron chi connectivity index (χ2n) is 7.98. The SMILES string of the molecule is CC(C)C1=NCCN(C)C2=C1C(c1ccc(F)cc1)N(Cc1ccccc1)C2=O. The lowest BCUT2D eigenvalue weighted by atomic mass is 9.90. The summed E-state index contributed by atoms with van der Waals surface area (Å²) in [6.45, 7) is 6.09. The molecule has 29 heavy (non-hydrogen) atoms. The fraction of sp³-hybridized carbons (Fsp3) is 0.333. The van der Waals surface area contributed by atoms with E-state index in [-0.39, 0.29) is 23.7 Å². The third kappa shape index (κ3) is 3.57. The Hall–Kier alpha value is -2.95. The first-order valence-corrected chi connectivity index (χ1v) is 10.1. The Morgan fingerprint density at radius 1 is 1.10 bits per heavy atom. The molecular formula is C24H26FN3O. The summed E-state index contributed by atoms with van der Waals surface area (Å²) in [5.41, 5.74) is 4.64. The van der Waals surface area contributed by atoms with Gasteiger partial charge in [0.25, 0.3) is 5.91 Å². The van der Waals surface area contributed by atoms with Crippen LogP contribution in [0.2, 0.25) is 0 Å². The predicted molar refractivity (Wildman–Crippen MR) is 113 cm³/mol. The van der Waals surface area contributed by atoms with E-state index in [4.69, 9.17) is 4.99 Å². The van der Waals surface area contributed by atoms with E-state index in [2.05, 4.69) is 13.8 Å². The van der Waals surface area contributed by atoms with Crippen LogP contribution in [-0.4, -0.2) is 41.6 Å². The quantitative estimate of drug-likeness (QED) is 0.783. The number of likely N-dealkylation sites (N-methyl/N-ethyl adjacent to an activating group) is 1. The van der Waals surface area contributed by atoms with Gasteiger partial charge >= 0.3 is 0 Å². The number of hydrogen-bond acceptors (Lipinski definition) is 3. The van der Waals surface area contributed by atoms with E-state index in [1.54, 1.807) is 12.1 Å². The van der Waals surface area contributed by atoms with Gasteiger partial charge in [-0.25, -0.2) is 4.39 Å². The van der Waals surface area contributed by atoms with Crippen molar-refractivity contribution in [3.8, 4) is 0 Å². The predicted octanol–water partition coefficient (Wildman–Crippen LogP) is 4.21. The summed E-state index contributed by atoms with van der Waals surface area (Å²) in [5.74, 6) is -0.0764. The molecule has 0 N–H and O–H groups in total. The summed E-state index contributed by atoms with van der Waals surface area (Å²) in [4.78, 5) is 22.4. The summed E-state index contributed by atoms with van der Waals surface area (Å²) in [7, 11) is 1.96. The monoisotopic (exact) mass is 391 g/mol. The molecule has 0 bridgehead atoms. The number of carbonyl (C=O) groups excluding carboxylic acids is 1. The van der Waals surface area contributed by atoms with Gasteiger partial charge in [0.1, 0.15) is 11.5 Å². The molecule has 0 aliphatic carbocycles. The van der Waals surface area contributed by atoms with E-state index in [1.165, 1.54) is 12.1 Å². The van der Waals surface area contributed by atoms with E-state index >= 15 is 0 Å². The normalized spacial score (nSPS) is 19.6. The molecule has 1 atom stereocenters. The fourth-order valence-electron chi connectivity index (χ4n) is 4.23. The minimum absolute atomic E-state index is 0.0101. The van der Waals surface area contributed by atoms with Crippen molar-refractivity contribution in [2.45, 2.75) is 26.4 Å². The second-order valence-corrected chi connectivity index (χ2v) is 7.98. The molecule has 2 aliphatic heterocycles. The highest BCUT2D eigenvalue weighted by atomic mass is 19.1. The Balaban J connectivity index is 1.87. The number of nitrogens with zero attached hydrogens (tertiary/aromatic N) is 3. The third-order valence-corrected chi connectivity index (χ3v) is 5.61. The first-order valence-electron chi connectivity index (χ1n) is 10.1. The highest BCUT2D eigenvalue weighted by Gasteiger charge is 2.44. The van der Waals surface area contributed by atoms with Crippen LogP contribution in [-0.2, 0) is 11.3 Å². The molecular weight excluding hydrogens is 365 g/mol. The molecule has 0 spiro atoms. The van der Waals surface area contributed by atoms with Gasteiger partial charge in [0.05, 0.1) is 12.6 Å². The van der Waals surface area contributed by atoms with E-state index < -0.39 is 0 Å². The molecule has 0 fully saturated rings. The lowest BCUT2D eigenvalue weighted by Crippen LogP contribution is -2.34. The van der Waals surface area contributed by atoms with Crippen molar-refractivity contribution in [2.24, 2.45) is 10.9 Å². The van der Waals surface area contributed by atoms with Crippen LogP contribution in [0, 0.1) is 11.7 Å². The minimum Gasteiger partial charge on any atom is -0.368 e. The van der Waals surface area contributed by atoms with Gasteiger partial charge in [-0.3, -0.25) is 9.79 Å². The van der Waals surface area contributed by atoms with Crippen LogP contribution in [0.15, 0.2) is 70.9 Å². The minimum atomic E-state index is -0.280. The second kappa shape index (κ2) is 7.82. The molecule has 1 amide bonds.